The van der Waals surface area contributed by atoms with Gasteiger partial charge in [0.1, 0.15) is 11.5 Å². The molecule has 2 heterocycles. The summed E-state index contributed by atoms with van der Waals surface area (Å²) in [6.45, 7) is 0. The predicted octanol–water partition coefficient (Wildman–Crippen LogP) is 3.35. The molecule has 0 aliphatic rings. The van der Waals surface area contributed by atoms with Gasteiger partial charge in [-0.25, -0.2) is 9.37 Å². The molecule has 0 N–H and O–H groups in total. The zero-order valence-corrected chi connectivity index (χ0v) is 10.7. The van der Waals surface area contributed by atoms with Gasteiger partial charge in [-0.3, -0.25) is 4.98 Å². The van der Waals surface area contributed by atoms with Crippen LogP contribution in [0.1, 0.15) is 5.56 Å². The second-order valence-electron chi connectivity index (χ2n) is 4.20. The molecule has 0 aliphatic carbocycles. The van der Waals surface area contributed by atoms with Crippen LogP contribution in [-0.4, -0.2) is 20.1 Å². The normalized spacial score (nSPS) is 11.6. The van der Waals surface area contributed by atoms with E-state index in [2.05, 4.69) is 20.1 Å². The second-order valence-corrected chi connectivity index (χ2v) is 4.20. The topological polar surface area (TPSA) is 64.7 Å². The Hall–Kier alpha value is -2.84. The molecule has 0 bridgehead atoms. The molecule has 112 valence electrons. The Kier molecular flexibility index (Phi) is 3.32. The Morgan fingerprint density at radius 1 is 1.09 bits per heavy atom. The molecule has 2 aromatic heterocycles. The molecular weight excluding hydrogens is 304 g/mol. The van der Waals surface area contributed by atoms with Crippen molar-refractivity contribution in [3.63, 3.8) is 0 Å². The molecule has 0 radical (unpaired) electrons. The van der Waals surface area contributed by atoms with Crippen LogP contribution in [0.5, 0.6) is 0 Å². The molecule has 0 fully saturated rings. The van der Waals surface area contributed by atoms with Crippen LogP contribution in [0.2, 0.25) is 0 Å². The van der Waals surface area contributed by atoms with Crippen LogP contribution in [0.4, 0.5) is 17.6 Å². The van der Waals surface area contributed by atoms with E-state index in [0.717, 1.165) is 12.1 Å². The van der Waals surface area contributed by atoms with Crippen LogP contribution in [-0.2, 0) is 6.18 Å². The molecule has 0 unspecified atom stereocenters. The van der Waals surface area contributed by atoms with E-state index in [9.17, 15) is 17.6 Å². The molecular formula is C13H6F4N4O. The number of aromatic nitrogens is 4. The van der Waals surface area contributed by atoms with Gasteiger partial charge in [0.2, 0.25) is 5.82 Å². The Balaban J connectivity index is 2.08. The van der Waals surface area contributed by atoms with Gasteiger partial charge in [-0.1, -0.05) is 5.16 Å². The number of alkyl halides is 3. The predicted molar refractivity (Wildman–Crippen MR) is 65.7 cm³/mol. The summed E-state index contributed by atoms with van der Waals surface area (Å²) >= 11 is 0. The van der Waals surface area contributed by atoms with Gasteiger partial charge in [0.15, 0.2) is 0 Å². The molecule has 22 heavy (non-hydrogen) atoms. The SMILES string of the molecule is Fc1ccc(-c2noc(-c3cnccn3)n2)c(C(F)(F)F)c1. The van der Waals surface area contributed by atoms with E-state index >= 15 is 0 Å². The Labute approximate surface area is 120 Å². The molecule has 5 nitrogen and oxygen atoms in total. The van der Waals surface area contributed by atoms with E-state index in [-0.39, 0.29) is 23.0 Å². The smallest absolute Gasteiger partial charge is 0.332 e. The maximum atomic E-state index is 13.1. The van der Waals surface area contributed by atoms with Gasteiger partial charge < -0.3 is 4.52 Å². The fourth-order valence-corrected chi connectivity index (χ4v) is 1.79. The highest BCUT2D eigenvalue weighted by molar-refractivity contribution is 5.62. The molecule has 0 amide bonds. The van der Waals surface area contributed by atoms with Crippen molar-refractivity contribution >= 4 is 0 Å². The maximum absolute atomic E-state index is 13.1. The van der Waals surface area contributed by atoms with Crippen LogP contribution in [0.15, 0.2) is 41.3 Å². The first-order chi connectivity index (χ1) is 10.4. The van der Waals surface area contributed by atoms with Gasteiger partial charge in [-0.2, -0.15) is 18.2 Å². The first-order valence-corrected chi connectivity index (χ1v) is 5.92. The van der Waals surface area contributed by atoms with Crippen molar-refractivity contribution in [1.29, 1.82) is 0 Å². The van der Waals surface area contributed by atoms with E-state index in [0.29, 0.717) is 6.07 Å². The molecule has 0 atom stereocenters. The minimum atomic E-state index is -4.75. The van der Waals surface area contributed by atoms with Crippen LogP contribution in [0.3, 0.4) is 0 Å². The minimum Gasteiger partial charge on any atom is -0.332 e. The van der Waals surface area contributed by atoms with Crippen molar-refractivity contribution in [2.75, 3.05) is 0 Å². The lowest BCUT2D eigenvalue weighted by molar-refractivity contribution is -0.137. The van der Waals surface area contributed by atoms with Crippen molar-refractivity contribution in [3.05, 3.63) is 48.2 Å². The summed E-state index contributed by atoms with van der Waals surface area (Å²) in [4.78, 5) is 11.5. The summed E-state index contributed by atoms with van der Waals surface area (Å²) < 4.78 is 56.9. The highest BCUT2D eigenvalue weighted by Crippen LogP contribution is 2.36. The van der Waals surface area contributed by atoms with Crippen LogP contribution in [0, 0.1) is 5.82 Å². The van der Waals surface area contributed by atoms with E-state index in [4.69, 9.17) is 4.52 Å². The first kappa shape index (κ1) is 14.1. The third-order valence-corrected chi connectivity index (χ3v) is 2.74. The summed E-state index contributed by atoms with van der Waals surface area (Å²) in [7, 11) is 0. The van der Waals surface area contributed by atoms with E-state index in [1.54, 1.807) is 0 Å². The molecule has 0 saturated carbocycles. The number of nitrogens with zero attached hydrogens (tertiary/aromatic N) is 4. The van der Waals surface area contributed by atoms with Gasteiger partial charge >= 0.3 is 6.18 Å². The monoisotopic (exact) mass is 310 g/mol. The molecule has 0 spiro atoms. The van der Waals surface area contributed by atoms with E-state index < -0.39 is 17.6 Å². The average Bonchev–Trinajstić information content (AvgIpc) is 2.97. The zero-order valence-electron chi connectivity index (χ0n) is 10.7. The lowest BCUT2D eigenvalue weighted by Crippen LogP contribution is -2.08. The summed E-state index contributed by atoms with van der Waals surface area (Å²) in [5.41, 5.74) is -1.34. The lowest BCUT2D eigenvalue weighted by atomic mass is 10.1. The zero-order chi connectivity index (χ0) is 15.7. The number of rotatable bonds is 2. The summed E-state index contributed by atoms with van der Waals surface area (Å²) in [5, 5.41) is 3.49. The largest absolute Gasteiger partial charge is 0.417 e. The average molecular weight is 310 g/mol. The second kappa shape index (κ2) is 5.17. The summed E-state index contributed by atoms with van der Waals surface area (Å²) in [6, 6.07) is 2.22. The van der Waals surface area contributed by atoms with Gasteiger partial charge in [-0.05, 0) is 18.2 Å². The molecule has 3 rings (SSSR count). The van der Waals surface area contributed by atoms with Gasteiger partial charge in [0.05, 0.1) is 11.8 Å². The fourth-order valence-electron chi connectivity index (χ4n) is 1.79. The number of hydrogen-bond acceptors (Lipinski definition) is 5. The van der Waals surface area contributed by atoms with Gasteiger partial charge in [0, 0.05) is 18.0 Å². The fraction of sp³-hybridized carbons (Fsp3) is 0.0769. The number of halogens is 4. The molecule has 9 heteroatoms. The van der Waals surface area contributed by atoms with E-state index in [1.165, 1.54) is 18.6 Å². The maximum Gasteiger partial charge on any atom is 0.417 e. The number of benzene rings is 1. The first-order valence-electron chi connectivity index (χ1n) is 5.92. The van der Waals surface area contributed by atoms with E-state index in [1.807, 2.05) is 0 Å². The Morgan fingerprint density at radius 2 is 1.91 bits per heavy atom. The van der Waals surface area contributed by atoms with Crippen molar-refractivity contribution in [1.82, 2.24) is 20.1 Å². The molecule has 1 aromatic carbocycles. The Morgan fingerprint density at radius 3 is 2.59 bits per heavy atom. The van der Waals surface area contributed by atoms with Crippen molar-refractivity contribution in [3.8, 4) is 23.0 Å². The van der Waals surface area contributed by atoms with Crippen LogP contribution < -0.4 is 0 Å². The standard InChI is InChI=1S/C13H6F4N4O/c14-7-1-2-8(9(5-7)13(15,16)17)11-20-12(22-21-11)10-6-18-3-4-19-10/h1-6H. The minimum absolute atomic E-state index is 0.0828. The highest BCUT2D eigenvalue weighted by atomic mass is 19.4. The van der Waals surface area contributed by atoms with Crippen LogP contribution in [0.25, 0.3) is 23.0 Å². The van der Waals surface area contributed by atoms with Gasteiger partial charge in [-0.15, -0.1) is 0 Å². The third-order valence-electron chi connectivity index (χ3n) is 2.74. The summed E-state index contributed by atoms with van der Waals surface area (Å²) in [6.07, 6.45) is -0.627. The lowest BCUT2D eigenvalue weighted by Gasteiger charge is -2.10. The van der Waals surface area contributed by atoms with Crippen molar-refractivity contribution < 1.29 is 22.1 Å². The Bertz CT molecular complexity index is 801. The van der Waals surface area contributed by atoms with Crippen LogP contribution >= 0.6 is 0 Å². The number of hydrogen-bond donors (Lipinski definition) is 0. The molecule has 3 aromatic rings. The molecule has 0 aliphatic heterocycles. The van der Waals surface area contributed by atoms with Crippen molar-refractivity contribution in [2.24, 2.45) is 0 Å². The summed E-state index contributed by atoms with van der Waals surface area (Å²) in [5.74, 6) is -1.40. The van der Waals surface area contributed by atoms with Gasteiger partial charge in [0.25, 0.3) is 5.89 Å². The van der Waals surface area contributed by atoms with Crippen molar-refractivity contribution in [2.45, 2.75) is 6.18 Å². The highest BCUT2D eigenvalue weighted by Gasteiger charge is 2.35. The quantitative estimate of drug-likeness (QED) is 0.679. The molecule has 0 saturated heterocycles. The third kappa shape index (κ3) is 2.65.